The molecular formula is C13H27NO3. The van der Waals surface area contributed by atoms with E-state index in [-0.39, 0.29) is 18.5 Å². The first-order valence-electron chi connectivity index (χ1n) is 6.69. The predicted molar refractivity (Wildman–Crippen MR) is 68.8 cm³/mol. The summed E-state index contributed by atoms with van der Waals surface area (Å²) in [7, 11) is 0. The normalized spacial score (nSPS) is 12.8. The molecule has 0 bridgehead atoms. The molecule has 4 heteroatoms. The summed E-state index contributed by atoms with van der Waals surface area (Å²) in [5, 5.41) is 8.94. The summed E-state index contributed by atoms with van der Waals surface area (Å²) in [4.78, 5) is 13.9. The van der Waals surface area contributed by atoms with Gasteiger partial charge in [0.25, 0.3) is 0 Å². The molecule has 0 heterocycles. The van der Waals surface area contributed by atoms with E-state index in [4.69, 9.17) is 9.84 Å². The monoisotopic (exact) mass is 245 g/mol. The van der Waals surface area contributed by atoms with Crippen LogP contribution in [0.1, 0.15) is 40.0 Å². The van der Waals surface area contributed by atoms with E-state index in [0.29, 0.717) is 13.0 Å². The Labute approximate surface area is 105 Å². The molecule has 0 aromatic carbocycles. The molecule has 0 amide bonds. The van der Waals surface area contributed by atoms with Gasteiger partial charge in [0.15, 0.2) is 0 Å². The zero-order chi connectivity index (χ0) is 13.1. The second kappa shape index (κ2) is 10.5. The van der Waals surface area contributed by atoms with Gasteiger partial charge in [0.2, 0.25) is 0 Å². The molecule has 102 valence electrons. The van der Waals surface area contributed by atoms with Crippen LogP contribution < -0.4 is 0 Å². The molecule has 0 aromatic rings. The van der Waals surface area contributed by atoms with Crippen molar-refractivity contribution in [3.8, 4) is 0 Å². The standard InChI is InChI=1S/C13H27NO3/c1-4-14(5-2)10-7-8-12(9-11-15)13(16)17-6-3/h12,15H,4-11H2,1-3H3/t12-/m1/s1. The first-order chi connectivity index (χ1) is 8.19. The Morgan fingerprint density at radius 3 is 2.35 bits per heavy atom. The molecule has 1 N–H and O–H groups in total. The summed E-state index contributed by atoms with van der Waals surface area (Å²) < 4.78 is 5.00. The molecule has 0 aromatic heterocycles. The third-order valence-corrected chi connectivity index (χ3v) is 3.02. The van der Waals surface area contributed by atoms with Crippen LogP contribution >= 0.6 is 0 Å². The first-order valence-corrected chi connectivity index (χ1v) is 6.69. The maximum atomic E-state index is 11.6. The molecule has 17 heavy (non-hydrogen) atoms. The highest BCUT2D eigenvalue weighted by molar-refractivity contribution is 5.72. The fourth-order valence-corrected chi connectivity index (χ4v) is 1.90. The molecule has 0 aliphatic carbocycles. The molecule has 0 radical (unpaired) electrons. The molecular weight excluding hydrogens is 218 g/mol. The number of nitrogens with zero attached hydrogens (tertiary/aromatic N) is 1. The molecule has 1 atom stereocenters. The van der Waals surface area contributed by atoms with E-state index in [2.05, 4.69) is 18.7 Å². The Bertz CT molecular complexity index is 193. The molecule has 0 fully saturated rings. The van der Waals surface area contributed by atoms with Crippen LogP contribution in [0.2, 0.25) is 0 Å². The van der Waals surface area contributed by atoms with Crippen molar-refractivity contribution in [1.29, 1.82) is 0 Å². The average Bonchev–Trinajstić information content (AvgIpc) is 2.33. The lowest BCUT2D eigenvalue weighted by atomic mass is 10.00. The van der Waals surface area contributed by atoms with Gasteiger partial charge in [-0.25, -0.2) is 0 Å². The average molecular weight is 245 g/mol. The summed E-state index contributed by atoms with van der Waals surface area (Å²) in [5.74, 6) is -0.309. The van der Waals surface area contributed by atoms with Gasteiger partial charge in [-0.3, -0.25) is 4.79 Å². The highest BCUT2D eigenvalue weighted by Gasteiger charge is 2.18. The Balaban J connectivity index is 3.95. The van der Waals surface area contributed by atoms with Crippen molar-refractivity contribution in [3.05, 3.63) is 0 Å². The van der Waals surface area contributed by atoms with Crippen LogP contribution in [0.15, 0.2) is 0 Å². The van der Waals surface area contributed by atoms with E-state index >= 15 is 0 Å². The number of hydrogen-bond donors (Lipinski definition) is 1. The van der Waals surface area contributed by atoms with Crippen molar-refractivity contribution < 1.29 is 14.6 Å². The van der Waals surface area contributed by atoms with E-state index in [9.17, 15) is 4.79 Å². The molecule has 0 unspecified atom stereocenters. The zero-order valence-electron chi connectivity index (χ0n) is 11.4. The number of esters is 1. The van der Waals surface area contributed by atoms with Crippen molar-refractivity contribution in [2.75, 3.05) is 32.8 Å². The van der Waals surface area contributed by atoms with Crippen LogP contribution in [0.4, 0.5) is 0 Å². The minimum Gasteiger partial charge on any atom is -0.466 e. The van der Waals surface area contributed by atoms with Crippen molar-refractivity contribution >= 4 is 5.97 Å². The fourth-order valence-electron chi connectivity index (χ4n) is 1.90. The lowest BCUT2D eigenvalue weighted by Crippen LogP contribution is -2.26. The second-order valence-corrected chi connectivity index (χ2v) is 4.13. The summed E-state index contributed by atoms with van der Waals surface area (Å²) in [6.45, 7) is 9.64. The minimum absolute atomic E-state index is 0.0503. The molecule has 0 saturated heterocycles. The number of hydrogen-bond acceptors (Lipinski definition) is 4. The number of ether oxygens (including phenoxy) is 1. The van der Waals surface area contributed by atoms with Crippen LogP contribution in [0.3, 0.4) is 0 Å². The Morgan fingerprint density at radius 2 is 1.88 bits per heavy atom. The maximum Gasteiger partial charge on any atom is 0.309 e. The summed E-state index contributed by atoms with van der Waals surface area (Å²) in [5.41, 5.74) is 0. The summed E-state index contributed by atoms with van der Waals surface area (Å²) in [6, 6.07) is 0. The van der Waals surface area contributed by atoms with Crippen LogP contribution in [0.5, 0.6) is 0 Å². The Hall–Kier alpha value is -0.610. The SMILES string of the molecule is CCOC(=O)[C@@H](CCO)CCCN(CC)CC. The largest absolute Gasteiger partial charge is 0.466 e. The lowest BCUT2D eigenvalue weighted by Gasteiger charge is -2.19. The Morgan fingerprint density at radius 1 is 1.24 bits per heavy atom. The number of carbonyl (C=O) groups is 1. The lowest BCUT2D eigenvalue weighted by molar-refractivity contribution is -0.148. The van der Waals surface area contributed by atoms with Gasteiger partial charge >= 0.3 is 5.97 Å². The highest BCUT2D eigenvalue weighted by Crippen LogP contribution is 2.13. The first kappa shape index (κ1) is 16.4. The second-order valence-electron chi connectivity index (χ2n) is 4.13. The molecule has 0 aliphatic rings. The predicted octanol–water partition coefficient (Wildman–Crippen LogP) is 1.67. The molecule has 0 spiro atoms. The van der Waals surface area contributed by atoms with E-state index in [1.807, 2.05) is 6.92 Å². The van der Waals surface area contributed by atoms with Crippen LogP contribution in [0.25, 0.3) is 0 Å². The summed E-state index contributed by atoms with van der Waals surface area (Å²) >= 11 is 0. The van der Waals surface area contributed by atoms with Gasteiger partial charge in [0.1, 0.15) is 0 Å². The van der Waals surface area contributed by atoms with Crippen LogP contribution in [-0.4, -0.2) is 48.8 Å². The van der Waals surface area contributed by atoms with Gasteiger partial charge in [-0.15, -0.1) is 0 Å². The van der Waals surface area contributed by atoms with Crippen LogP contribution in [-0.2, 0) is 9.53 Å². The fraction of sp³-hybridized carbons (Fsp3) is 0.923. The van der Waals surface area contributed by atoms with Crippen molar-refractivity contribution in [1.82, 2.24) is 4.90 Å². The van der Waals surface area contributed by atoms with Gasteiger partial charge < -0.3 is 14.7 Å². The molecule has 0 aliphatic heterocycles. The van der Waals surface area contributed by atoms with Gasteiger partial charge in [-0.05, 0) is 45.8 Å². The Kier molecular flexibility index (Phi) is 10.2. The number of rotatable bonds is 10. The number of carbonyl (C=O) groups excluding carboxylic acids is 1. The molecule has 0 rings (SSSR count). The van der Waals surface area contributed by atoms with Gasteiger partial charge in [0, 0.05) is 6.61 Å². The maximum absolute atomic E-state index is 11.6. The number of aliphatic hydroxyl groups is 1. The van der Waals surface area contributed by atoms with Crippen LogP contribution in [0, 0.1) is 5.92 Å². The van der Waals surface area contributed by atoms with Crippen molar-refractivity contribution in [3.63, 3.8) is 0 Å². The van der Waals surface area contributed by atoms with E-state index in [1.54, 1.807) is 0 Å². The van der Waals surface area contributed by atoms with E-state index < -0.39 is 0 Å². The topological polar surface area (TPSA) is 49.8 Å². The third kappa shape index (κ3) is 7.34. The van der Waals surface area contributed by atoms with Crippen molar-refractivity contribution in [2.45, 2.75) is 40.0 Å². The quantitative estimate of drug-likeness (QED) is 0.595. The molecule has 0 saturated carbocycles. The number of aliphatic hydroxyl groups excluding tert-OH is 1. The van der Waals surface area contributed by atoms with Gasteiger partial charge in [-0.1, -0.05) is 13.8 Å². The zero-order valence-corrected chi connectivity index (χ0v) is 11.4. The van der Waals surface area contributed by atoms with E-state index in [1.165, 1.54) is 0 Å². The molecule has 4 nitrogen and oxygen atoms in total. The summed E-state index contributed by atoms with van der Waals surface area (Å²) in [6.07, 6.45) is 2.29. The van der Waals surface area contributed by atoms with E-state index in [0.717, 1.165) is 32.5 Å². The third-order valence-electron chi connectivity index (χ3n) is 3.02. The minimum atomic E-state index is -0.166. The van der Waals surface area contributed by atoms with Gasteiger partial charge in [-0.2, -0.15) is 0 Å². The van der Waals surface area contributed by atoms with Crippen molar-refractivity contribution in [2.24, 2.45) is 5.92 Å². The van der Waals surface area contributed by atoms with Gasteiger partial charge in [0.05, 0.1) is 12.5 Å². The highest BCUT2D eigenvalue weighted by atomic mass is 16.5. The smallest absolute Gasteiger partial charge is 0.309 e.